The molecule has 4 fully saturated rings. The predicted molar refractivity (Wildman–Crippen MR) is 99.3 cm³/mol. The lowest BCUT2D eigenvalue weighted by atomic mass is 9.42. The molecule has 2 bridgehead atoms. The number of nitrogens with one attached hydrogen (secondary N) is 1. The van der Waals surface area contributed by atoms with Crippen molar-refractivity contribution in [1.29, 1.82) is 0 Å². The van der Waals surface area contributed by atoms with Crippen LogP contribution >= 0.6 is 0 Å². The van der Waals surface area contributed by atoms with Crippen LogP contribution < -0.4 is 5.32 Å². The van der Waals surface area contributed by atoms with Crippen LogP contribution in [-0.4, -0.2) is 34.4 Å². The second-order valence-electron chi connectivity index (χ2n) is 10.6. The van der Waals surface area contributed by atoms with E-state index in [2.05, 4.69) is 46.0 Å². The Hall–Kier alpha value is -0.870. The van der Waals surface area contributed by atoms with Crippen molar-refractivity contribution in [2.75, 3.05) is 0 Å². The highest BCUT2D eigenvalue weighted by Gasteiger charge is 2.81. The van der Waals surface area contributed by atoms with Gasteiger partial charge >= 0.3 is 0 Å². The Morgan fingerprint density at radius 2 is 2.12 bits per heavy atom. The van der Waals surface area contributed by atoms with Gasteiger partial charge in [0.2, 0.25) is 5.91 Å². The van der Waals surface area contributed by atoms with E-state index in [1.807, 2.05) is 0 Å². The Labute approximate surface area is 156 Å². The third-order valence-electron chi connectivity index (χ3n) is 8.81. The summed E-state index contributed by atoms with van der Waals surface area (Å²) in [4.78, 5) is 13.6. The van der Waals surface area contributed by atoms with Crippen molar-refractivity contribution in [1.82, 2.24) is 5.32 Å². The first-order valence-corrected chi connectivity index (χ1v) is 10.5. The van der Waals surface area contributed by atoms with Gasteiger partial charge < -0.3 is 15.2 Å². The Bertz CT molecular complexity index is 702. The van der Waals surface area contributed by atoms with E-state index in [1.165, 1.54) is 5.57 Å². The number of ether oxygens (including phenoxy) is 1. The molecule has 2 N–H and O–H groups in total. The second-order valence-corrected chi connectivity index (χ2v) is 10.6. The van der Waals surface area contributed by atoms with Crippen molar-refractivity contribution in [2.24, 2.45) is 35.0 Å². The van der Waals surface area contributed by atoms with E-state index in [0.29, 0.717) is 18.3 Å². The van der Waals surface area contributed by atoms with Gasteiger partial charge in [-0.2, -0.15) is 0 Å². The molecule has 0 aromatic heterocycles. The highest BCUT2D eigenvalue weighted by Crippen LogP contribution is 2.72. The zero-order valence-corrected chi connectivity index (χ0v) is 16.7. The average Bonchev–Trinajstić information content (AvgIpc) is 3.11. The SMILES string of the molecule is CC1=CC2C[C@@]3(C)O[C@@H]4C[C@H]3[C@@](O)(C4)[C@]23C(=O)N[C@@H](CC(C)C)[C@@H]3[C@@H]1C. The van der Waals surface area contributed by atoms with Gasteiger partial charge in [-0.05, 0) is 50.9 Å². The molecule has 9 atom stereocenters. The summed E-state index contributed by atoms with van der Waals surface area (Å²) >= 11 is 0. The molecule has 5 aliphatic rings. The number of allylic oxidation sites excluding steroid dienone is 2. The van der Waals surface area contributed by atoms with Crippen LogP contribution in [0.2, 0.25) is 0 Å². The monoisotopic (exact) mass is 359 g/mol. The van der Waals surface area contributed by atoms with Gasteiger partial charge in [-0.1, -0.05) is 32.4 Å². The third kappa shape index (κ3) is 1.72. The molecule has 0 radical (unpaired) electrons. The van der Waals surface area contributed by atoms with E-state index >= 15 is 0 Å². The van der Waals surface area contributed by atoms with Crippen LogP contribution in [0.5, 0.6) is 0 Å². The number of rotatable bonds is 2. The third-order valence-corrected chi connectivity index (χ3v) is 8.81. The number of hydrogen-bond acceptors (Lipinski definition) is 3. The number of fused-ring (bicyclic) bond motifs is 1. The first-order valence-electron chi connectivity index (χ1n) is 10.5. The normalized spacial score (nSPS) is 57.0. The smallest absolute Gasteiger partial charge is 0.230 e. The molecule has 5 rings (SSSR count). The second kappa shape index (κ2) is 4.94. The molecule has 4 nitrogen and oxygen atoms in total. The quantitative estimate of drug-likeness (QED) is 0.745. The van der Waals surface area contributed by atoms with E-state index in [9.17, 15) is 9.90 Å². The van der Waals surface area contributed by atoms with E-state index in [1.54, 1.807) is 0 Å². The summed E-state index contributed by atoms with van der Waals surface area (Å²) in [6.45, 7) is 11.1. The summed E-state index contributed by atoms with van der Waals surface area (Å²) in [5.41, 5.74) is -0.514. The first-order chi connectivity index (χ1) is 12.1. The van der Waals surface area contributed by atoms with Crippen LogP contribution in [0.4, 0.5) is 0 Å². The Morgan fingerprint density at radius 1 is 1.38 bits per heavy atom. The van der Waals surface area contributed by atoms with Gasteiger partial charge in [0.25, 0.3) is 0 Å². The van der Waals surface area contributed by atoms with Crippen molar-refractivity contribution in [3.05, 3.63) is 11.6 Å². The number of amides is 1. The molecule has 0 aromatic rings. The average molecular weight is 360 g/mol. The van der Waals surface area contributed by atoms with Crippen molar-refractivity contribution >= 4 is 5.91 Å². The van der Waals surface area contributed by atoms with E-state index in [-0.39, 0.29) is 41.4 Å². The summed E-state index contributed by atoms with van der Waals surface area (Å²) in [5.74, 6) is 1.31. The van der Waals surface area contributed by atoms with Crippen LogP contribution in [0.3, 0.4) is 0 Å². The zero-order valence-electron chi connectivity index (χ0n) is 16.7. The topological polar surface area (TPSA) is 58.6 Å². The molecule has 26 heavy (non-hydrogen) atoms. The minimum absolute atomic E-state index is 0.0752. The summed E-state index contributed by atoms with van der Waals surface area (Å²) in [6, 6.07) is 0.164. The van der Waals surface area contributed by atoms with Crippen LogP contribution in [0.25, 0.3) is 0 Å². The number of aliphatic hydroxyl groups is 1. The molecule has 1 unspecified atom stereocenters. The molecule has 1 amide bonds. The minimum Gasteiger partial charge on any atom is -0.388 e. The van der Waals surface area contributed by atoms with Crippen molar-refractivity contribution in [2.45, 2.75) is 83.6 Å². The predicted octanol–water partition coefficient (Wildman–Crippen LogP) is 3.05. The molecule has 2 saturated carbocycles. The number of carbonyl (C=O) groups is 1. The number of hydrogen-bond donors (Lipinski definition) is 2. The summed E-state index contributed by atoms with van der Waals surface area (Å²) in [7, 11) is 0. The molecule has 2 aliphatic heterocycles. The fourth-order valence-corrected chi connectivity index (χ4v) is 8.05. The molecule has 2 saturated heterocycles. The van der Waals surface area contributed by atoms with Crippen LogP contribution in [0.1, 0.15) is 60.3 Å². The van der Waals surface area contributed by atoms with Gasteiger partial charge in [0, 0.05) is 24.3 Å². The van der Waals surface area contributed by atoms with Crippen LogP contribution in [0, 0.1) is 35.0 Å². The molecule has 1 spiro atoms. The summed E-state index contributed by atoms with van der Waals surface area (Å²) in [5, 5.41) is 15.6. The van der Waals surface area contributed by atoms with Crippen molar-refractivity contribution in [3.8, 4) is 0 Å². The molecule has 2 heterocycles. The molecule has 3 aliphatic carbocycles. The fourth-order valence-electron chi connectivity index (χ4n) is 8.05. The lowest BCUT2D eigenvalue weighted by Crippen LogP contribution is -2.72. The van der Waals surface area contributed by atoms with E-state index < -0.39 is 11.0 Å². The van der Waals surface area contributed by atoms with Crippen molar-refractivity contribution in [3.63, 3.8) is 0 Å². The van der Waals surface area contributed by atoms with E-state index in [4.69, 9.17) is 4.74 Å². The van der Waals surface area contributed by atoms with Crippen LogP contribution in [-0.2, 0) is 9.53 Å². The lowest BCUT2D eigenvalue weighted by Gasteiger charge is -2.63. The van der Waals surface area contributed by atoms with Crippen molar-refractivity contribution < 1.29 is 14.6 Å². The maximum Gasteiger partial charge on any atom is 0.230 e. The first kappa shape index (κ1) is 17.2. The highest BCUT2D eigenvalue weighted by molar-refractivity contribution is 5.89. The largest absolute Gasteiger partial charge is 0.388 e. The molecular weight excluding hydrogens is 326 g/mol. The van der Waals surface area contributed by atoms with E-state index in [0.717, 1.165) is 19.3 Å². The van der Waals surface area contributed by atoms with Gasteiger partial charge in [-0.25, -0.2) is 0 Å². The number of carbonyl (C=O) groups excluding carboxylic acids is 1. The molecule has 144 valence electrons. The zero-order chi connectivity index (χ0) is 18.6. The van der Waals surface area contributed by atoms with Gasteiger partial charge in [-0.15, -0.1) is 0 Å². The fraction of sp³-hybridized carbons (Fsp3) is 0.864. The Balaban J connectivity index is 1.71. The van der Waals surface area contributed by atoms with Crippen LogP contribution in [0.15, 0.2) is 11.6 Å². The molecular formula is C22H33NO3. The summed E-state index contributed by atoms with van der Waals surface area (Å²) < 4.78 is 6.35. The minimum atomic E-state index is -0.931. The molecule has 4 heteroatoms. The van der Waals surface area contributed by atoms with Gasteiger partial charge in [0.15, 0.2) is 0 Å². The lowest BCUT2D eigenvalue weighted by molar-refractivity contribution is -0.264. The van der Waals surface area contributed by atoms with Gasteiger partial charge in [0.05, 0.1) is 22.7 Å². The molecule has 0 aromatic carbocycles. The maximum absolute atomic E-state index is 13.6. The Morgan fingerprint density at radius 3 is 2.77 bits per heavy atom. The van der Waals surface area contributed by atoms with Gasteiger partial charge in [0.1, 0.15) is 0 Å². The highest BCUT2D eigenvalue weighted by atomic mass is 16.5. The standard InChI is InChI=1S/C22H33NO3/c1-11(2)6-16-18-13(4)12(3)7-14-9-20(5)17-8-15(26-20)10-21(17,25)22(14,18)19(24)23-16/h7,11,13-18,25H,6,8-10H2,1-5H3,(H,23,24)/t13-,14?,15-,16+,17-,18+,20-,21+,22-/m1/s1. The Kier molecular flexibility index (Phi) is 3.27. The maximum atomic E-state index is 13.6. The van der Waals surface area contributed by atoms with Gasteiger partial charge in [-0.3, -0.25) is 4.79 Å². The summed E-state index contributed by atoms with van der Waals surface area (Å²) in [6.07, 6.45) is 5.81.